The Balaban J connectivity index is 1.37. The number of anilines is 2. The molecule has 1 N–H and O–H groups in total. The molecule has 0 radical (unpaired) electrons. The maximum atomic E-state index is 14.5. The molecule has 1 saturated heterocycles. The third kappa shape index (κ3) is 5.49. The summed E-state index contributed by atoms with van der Waals surface area (Å²) in [6.07, 6.45) is -1.60. The monoisotopic (exact) mass is 573 g/mol. The zero-order valence-corrected chi connectivity index (χ0v) is 23.4. The van der Waals surface area contributed by atoms with E-state index in [0.29, 0.717) is 49.4 Å². The summed E-state index contributed by atoms with van der Waals surface area (Å²) in [5.74, 6) is -0.513. The zero-order valence-electron chi connectivity index (χ0n) is 23.4. The number of aryl methyl sites for hydroxylation is 2. The van der Waals surface area contributed by atoms with Gasteiger partial charge in [0, 0.05) is 50.4 Å². The van der Waals surface area contributed by atoms with Crippen LogP contribution in [0, 0.1) is 12.7 Å². The molecule has 3 aromatic rings. The maximum Gasteiger partial charge on any atom is 0.433 e. The molecule has 0 saturated carbocycles. The number of methoxy groups -OCH3 is 1. The van der Waals surface area contributed by atoms with Crippen molar-refractivity contribution in [2.75, 3.05) is 44.5 Å². The molecular formula is C28H31F4N7O2. The van der Waals surface area contributed by atoms with Crippen molar-refractivity contribution < 1.29 is 27.1 Å². The highest BCUT2D eigenvalue weighted by molar-refractivity contribution is 5.84. The highest BCUT2D eigenvalue weighted by Gasteiger charge is 2.44. The molecule has 9 nitrogen and oxygen atoms in total. The van der Waals surface area contributed by atoms with Gasteiger partial charge in [0.2, 0.25) is 11.8 Å². The summed E-state index contributed by atoms with van der Waals surface area (Å²) in [6, 6.07) is 4.16. The fourth-order valence-corrected chi connectivity index (χ4v) is 5.44. The molecule has 13 heteroatoms. The van der Waals surface area contributed by atoms with Crippen LogP contribution in [0.3, 0.4) is 0 Å². The minimum Gasteiger partial charge on any atom is -0.481 e. The summed E-state index contributed by atoms with van der Waals surface area (Å²) in [5.41, 5.74) is 0.552. The van der Waals surface area contributed by atoms with Crippen LogP contribution in [0.25, 0.3) is 11.4 Å². The van der Waals surface area contributed by atoms with Crippen LogP contribution in [-0.2, 0) is 17.4 Å². The molecule has 5 rings (SSSR count). The first-order valence-corrected chi connectivity index (χ1v) is 13.2. The SMILES string of the molecule is COc1cc([C@@H](C)C(=O)N2CC[C@@]3(CCc4cc(-c5nc(N(C)C)cc(C(F)(F)F)n5)c(C)nc4N3)C2)c(F)cn1. The average molecular weight is 574 g/mol. The second kappa shape index (κ2) is 10.4. The van der Waals surface area contributed by atoms with E-state index in [9.17, 15) is 22.4 Å². The van der Waals surface area contributed by atoms with Crippen molar-refractivity contribution >= 4 is 17.5 Å². The Hall–Kier alpha value is -4.03. The second-order valence-electron chi connectivity index (χ2n) is 10.8. The highest BCUT2D eigenvalue weighted by atomic mass is 19.4. The number of nitrogens with zero attached hydrogens (tertiary/aromatic N) is 6. The Morgan fingerprint density at radius 2 is 1.93 bits per heavy atom. The van der Waals surface area contributed by atoms with E-state index in [2.05, 4.69) is 20.3 Å². The van der Waals surface area contributed by atoms with Crippen LogP contribution in [0.2, 0.25) is 0 Å². The molecule has 0 unspecified atom stereocenters. The molecule has 3 aromatic heterocycles. The standard InChI is InChI=1S/C28H31F4N7O2/c1-15(18-11-23(41-5)33-13-20(18)29)26(40)39-9-8-27(14-39)7-6-17-10-19(16(2)34-24(17)37-27)25-35-21(28(30,31)32)12-22(36-25)38(3)4/h10-13,15H,6-9,14H2,1-5H3,(H,34,37)/t15-,27+/m1/s1. The van der Waals surface area contributed by atoms with Gasteiger partial charge in [0.05, 0.1) is 30.5 Å². The summed E-state index contributed by atoms with van der Waals surface area (Å²) < 4.78 is 60.3. The summed E-state index contributed by atoms with van der Waals surface area (Å²) in [7, 11) is 4.67. The topological polar surface area (TPSA) is 96.4 Å². The van der Waals surface area contributed by atoms with Gasteiger partial charge in [0.1, 0.15) is 17.5 Å². The third-order valence-corrected chi connectivity index (χ3v) is 7.82. The molecule has 1 amide bonds. The Labute approximate surface area is 235 Å². The first kappa shape index (κ1) is 28.5. The number of halogens is 4. The van der Waals surface area contributed by atoms with Gasteiger partial charge in [-0.25, -0.2) is 24.3 Å². The largest absolute Gasteiger partial charge is 0.481 e. The molecule has 0 bridgehead atoms. The quantitative estimate of drug-likeness (QED) is 0.443. The fraction of sp³-hybridized carbons (Fsp3) is 0.464. The van der Waals surface area contributed by atoms with Crippen molar-refractivity contribution in [3.63, 3.8) is 0 Å². The van der Waals surface area contributed by atoms with Crippen LogP contribution in [-0.4, -0.2) is 70.6 Å². The number of ether oxygens (including phenoxy) is 1. The van der Waals surface area contributed by atoms with E-state index in [0.717, 1.165) is 17.8 Å². The van der Waals surface area contributed by atoms with Gasteiger partial charge in [-0.2, -0.15) is 13.2 Å². The summed E-state index contributed by atoms with van der Waals surface area (Å²) in [4.78, 5) is 33.3. The van der Waals surface area contributed by atoms with Gasteiger partial charge in [-0.05, 0) is 44.7 Å². The summed E-state index contributed by atoms with van der Waals surface area (Å²) in [5, 5.41) is 3.51. The van der Waals surface area contributed by atoms with Gasteiger partial charge >= 0.3 is 6.18 Å². The molecule has 1 spiro atoms. The number of carbonyl (C=O) groups excluding carboxylic acids is 1. The number of aromatic nitrogens is 4. The predicted molar refractivity (Wildman–Crippen MR) is 144 cm³/mol. The Bertz CT molecular complexity index is 1500. The minimum absolute atomic E-state index is 0.0387. The van der Waals surface area contributed by atoms with Crippen LogP contribution in [0.1, 0.15) is 48.2 Å². The van der Waals surface area contributed by atoms with E-state index in [1.807, 2.05) is 0 Å². The molecule has 0 aliphatic carbocycles. The van der Waals surface area contributed by atoms with Crippen molar-refractivity contribution in [2.24, 2.45) is 0 Å². The normalized spacial score (nSPS) is 19.1. The number of hydrogen-bond acceptors (Lipinski definition) is 8. The van der Waals surface area contributed by atoms with E-state index in [1.54, 1.807) is 38.9 Å². The first-order chi connectivity index (χ1) is 19.3. The van der Waals surface area contributed by atoms with Crippen LogP contribution >= 0.6 is 0 Å². The maximum absolute atomic E-state index is 14.5. The number of pyridine rings is 2. The van der Waals surface area contributed by atoms with Gasteiger partial charge in [0.25, 0.3) is 0 Å². The van der Waals surface area contributed by atoms with E-state index in [1.165, 1.54) is 18.1 Å². The third-order valence-electron chi connectivity index (χ3n) is 7.82. The number of amides is 1. The Kier molecular flexibility index (Phi) is 7.24. The van der Waals surface area contributed by atoms with Crippen LogP contribution in [0.4, 0.5) is 29.2 Å². The number of carbonyl (C=O) groups is 1. The lowest BCUT2D eigenvalue weighted by molar-refractivity contribution is -0.141. The lowest BCUT2D eigenvalue weighted by Crippen LogP contribution is -2.46. The van der Waals surface area contributed by atoms with E-state index in [4.69, 9.17) is 9.72 Å². The molecule has 5 heterocycles. The Morgan fingerprint density at radius 1 is 1.17 bits per heavy atom. The zero-order chi connectivity index (χ0) is 29.7. The second-order valence-corrected chi connectivity index (χ2v) is 10.8. The number of hydrogen-bond donors (Lipinski definition) is 1. The lowest BCUT2D eigenvalue weighted by atomic mass is 9.86. The van der Waals surface area contributed by atoms with Crippen LogP contribution in [0.15, 0.2) is 24.4 Å². The van der Waals surface area contributed by atoms with E-state index in [-0.39, 0.29) is 29.0 Å². The minimum atomic E-state index is -4.62. The molecule has 1 fully saturated rings. The summed E-state index contributed by atoms with van der Waals surface area (Å²) >= 11 is 0. The number of rotatable bonds is 5. The van der Waals surface area contributed by atoms with E-state index < -0.39 is 29.1 Å². The highest BCUT2D eigenvalue weighted by Crippen LogP contribution is 2.39. The number of alkyl halides is 3. The van der Waals surface area contributed by atoms with E-state index >= 15 is 0 Å². The number of likely N-dealkylation sites (tertiary alicyclic amines) is 1. The van der Waals surface area contributed by atoms with Crippen molar-refractivity contribution in [3.8, 4) is 17.3 Å². The van der Waals surface area contributed by atoms with Crippen molar-refractivity contribution in [1.82, 2.24) is 24.8 Å². The predicted octanol–water partition coefficient (Wildman–Crippen LogP) is 4.61. The Morgan fingerprint density at radius 3 is 2.61 bits per heavy atom. The average Bonchev–Trinajstić information content (AvgIpc) is 3.34. The van der Waals surface area contributed by atoms with Gasteiger partial charge in [-0.3, -0.25) is 4.79 Å². The molecular weight excluding hydrogens is 542 g/mol. The number of fused-ring (bicyclic) bond motifs is 1. The molecule has 2 aliphatic rings. The van der Waals surface area contributed by atoms with Crippen molar-refractivity contribution in [2.45, 2.75) is 50.7 Å². The molecule has 218 valence electrons. The molecule has 41 heavy (non-hydrogen) atoms. The molecule has 2 aliphatic heterocycles. The van der Waals surface area contributed by atoms with Crippen LogP contribution < -0.4 is 15.0 Å². The molecule has 2 atom stereocenters. The van der Waals surface area contributed by atoms with Crippen molar-refractivity contribution in [3.05, 3.63) is 52.7 Å². The fourth-order valence-electron chi connectivity index (χ4n) is 5.44. The van der Waals surface area contributed by atoms with Gasteiger partial charge in [-0.15, -0.1) is 0 Å². The first-order valence-electron chi connectivity index (χ1n) is 13.2. The number of nitrogens with one attached hydrogen (secondary N) is 1. The van der Waals surface area contributed by atoms with Gasteiger partial charge in [0.15, 0.2) is 11.5 Å². The smallest absolute Gasteiger partial charge is 0.433 e. The van der Waals surface area contributed by atoms with Gasteiger partial charge < -0.3 is 19.9 Å². The summed E-state index contributed by atoms with van der Waals surface area (Å²) in [6.45, 7) is 4.29. The van der Waals surface area contributed by atoms with Crippen LogP contribution in [0.5, 0.6) is 5.88 Å². The van der Waals surface area contributed by atoms with Gasteiger partial charge in [-0.1, -0.05) is 0 Å². The van der Waals surface area contributed by atoms with Crippen molar-refractivity contribution in [1.29, 1.82) is 0 Å². The molecule has 0 aromatic carbocycles. The lowest BCUT2D eigenvalue weighted by Gasteiger charge is -2.36.